The van der Waals surface area contributed by atoms with Gasteiger partial charge in [0, 0.05) is 12.4 Å². The van der Waals surface area contributed by atoms with Gasteiger partial charge in [-0.05, 0) is 30.3 Å². The molecule has 1 amide bonds. The van der Waals surface area contributed by atoms with Crippen LogP contribution in [-0.4, -0.2) is 28.3 Å². The van der Waals surface area contributed by atoms with Crippen molar-refractivity contribution >= 4 is 46.6 Å². The monoisotopic (exact) mass is 435 g/mol. The summed E-state index contributed by atoms with van der Waals surface area (Å²) in [5.41, 5.74) is 0.737. The second kappa shape index (κ2) is 9.14. The number of halogens is 2. The van der Waals surface area contributed by atoms with Crippen molar-refractivity contribution in [1.29, 1.82) is 0 Å². The average Bonchev–Trinajstić information content (AvgIpc) is 2.69. The van der Waals surface area contributed by atoms with Gasteiger partial charge in [-0.2, -0.15) is 0 Å². The predicted molar refractivity (Wildman–Crippen MR) is 112 cm³/mol. The number of aromatic nitrogens is 2. The molecule has 0 saturated heterocycles. The number of thioether (sulfide) groups is 1. The second-order valence-electron chi connectivity index (χ2n) is 5.54. The number of anilines is 1. The van der Waals surface area contributed by atoms with Crippen LogP contribution in [0.4, 0.5) is 5.69 Å². The number of rotatable bonds is 6. The number of carbonyl (C=O) groups excluding carboxylic acids is 1. The standard InChI is InChI=1S/C19H15Cl2N3O3S/c1-27-16-7-6-12(10-14(16)21)24-9-8-22-18(19(24)26)28-11-17(25)23-15-5-3-2-4-13(15)20/h2-10H,11H2,1H3,(H,23,25). The molecule has 1 N–H and O–H groups in total. The van der Waals surface area contributed by atoms with Gasteiger partial charge in [0.05, 0.1) is 34.3 Å². The normalized spacial score (nSPS) is 10.5. The van der Waals surface area contributed by atoms with E-state index in [1.54, 1.807) is 42.5 Å². The summed E-state index contributed by atoms with van der Waals surface area (Å²) >= 11 is 13.2. The minimum Gasteiger partial charge on any atom is -0.495 e. The lowest BCUT2D eigenvalue weighted by Gasteiger charge is -2.10. The molecule has 0 atom stereocenters. The maximum absolute atomic E-state index is 12.7. The molecule has 1 heterocycles. The molecule has 0 saturated carbocycles. The average molecular weight is 436 g/mol. The zero-order valence-electron chi connectivity index (χ0n) is 14.7. The molecular formula is C19H15Cl2N3O3S. The molecule has 2 aromatic carbocycles. The minimum atomic E-state index is -0.348. The number of hydrogen-bond acceptors (Lipinski definition) is 5. The molecule has 3 aromatic rings. The van der Waals surface area contributed by atoms with Crippen LogP contribution in [-0.2, 0) is 4.79 Å². The molecule has 1 aromatic heterocycles. The largest absolute Gasteiger partial charge is 0.495 e. The van der Waals surface area contributed by atoms with Gasteiger partial charge in [-0.1, -0.05) is 47.1 Å². The van der Waals surface area contributed by atoms with Crippen LogP contribution in [0.3, 0.4) is 0 Å². The predicted octanol–water partition coefficient (Wildman–Crippen LogP) is 4.28. The van der Waals surface area contributed by atoms with Gasteiger partial charge in [-0.3, -0.25) is 14.2 Å². The summed E-state index contributed by atoms with van der Waals surface area (Å²) in [6, 6.07) is 11.9. The van der Waals surface area contributed by atoms with Crippen LogP contribution in [0, 0.1) is 0 Å². The van der Waals surface area contributed by atoms with E-state index < -0.39 is 0 Å². The Morgan fingerprint density at radius 1 is 1.21 bits per heavy atom. The Balaban J connectivity index is 1.74. The molecule has 3 rings (SSSR count). The number of methoxy groups -OCH3 is 1. The van der Waals surface area contributed by atoms with E-state index in [1.165, 1.54) is 24.1 Å². The quantitative estimate of drug-likeness (QED) is 0.584. The summed E-state index contributed by atoms with van der Waals surface area (Å²) in [5.74, 6) is 0.237. The van der Waals surface area contributed by atoms with Crippen molar-refractivity contribution < 1.29 is 9.53 Å². The van der Waals surface area contributed by atoms with Crippen LogP contribution in [0.5, 0.6) is 5.75 Å². The van der Waals surface area contributed by atoms with Crippen LogP contribution < -0.4 is 15.6 Å². The molecule has 0 radical (unpaired) electrons. The summed E-state index contributed by atoms with van der Waals surface area (Å²) in [6.45, 7) is 0. The number of nitrogens with one attached hydrogen (secondary N) is 1. The van der Waals surface area contributed by atoms with Gasteiger partial charge in [-0.15, -0.1) is 0 Å². The fourth-order valence-corrected chi connectivity index (χ4v) is 3.52. The Hall–Kier alpha value is -2.48. The first-order chi connectivity index (χ1) is 13.5. The maximum atomic E-state index is 12.7. The zero-order valence-corrected chi connectivity index (χ0v) is 17.0. The number of hydrogen-bond donors (Lipinski definition) is 1. The Morgan fingerprint density at radius 3 is 2.71 bits per heavy atom. The summed E-state index contributed by atoms with van der Waals surface area (Å²) < 4.78 is 6.53. The summed E-state index contributed by atoms with van der Waals surface area (Å²) in [6.07, 6.45) is 3.03. The highest BCUT2D eigenvalue weighted by atomic mass is 35.5. The number of carbonyl (C=O) groups is 1. The van der Waals surface area contributed by atoms with Crippen molar-refractivity contribution in [2.24, 2.45) is 0 Å². The number of nitrogens with zero attached hydrogens (tertiary/aromatic N) is 2. The van der Waals surface area contributed by atoms with E-state index in [2.05, 4.69) is 10.3 Å². The summed E-state index contributed by atoms with van der Waals surface area (Å²) in [4.78, 5) is 29.0. The molecule has 0 bridgehead atoms. The highest BCUT2D eigenvalue weighted by Gasteiger charge is 2.12. The molecule has 144 valence electrons. The van der Waals surface area contributed by atoms with Crippen LogP contribution in [0.15, 0.2) is 64.7 Å². The molecule has 0 spiro atoms. The van der Waals surface area contributed by atoms with Gasteiger partial charge in [0.15, 0.2) is 5.03 Å². The molecule has 9 heteroatoms. The fraction of sp³-hybridized carbons (Fsp3) is 0.105. The molecule has 0 aliphatic rings. The highest BCUT2D eigenvalue weighted by molar-refractivity contribution is 7.99. The summed E-state index contributed by atoms with van der Waals surface area (Å²) in [7, 11) is 1.52. The van der Waals surface area contributed by atoms with E-state index >= 15 is 0 Å². The first-order valence-electron chi connectivity index (χ1n) is 8.08. The molecule has 0 unspecified atom stereocenters. The van der Waals surface area contributed by atoms with Crippen molar-refractivity contribution in [3.63, 3.8) is 0 Å². The van der Waals surface area contributed by atoms with Crippen LogP contribution in [0.2, 0.25) is 10.0 Å². The molecule has 6 nitrogen and oxygen atoms in total. The number of amides is 1. The smallest absolute Gasteiger partial charge is 0.287 e. The molecule has 28 heavy (non-hydrogen) atoms. The van der Waals surface area contributed by atoms with Crippen molar-refractivity contribution in [3.8, 4) is 11.4 Å². The Bertz CT molecular complexity index is 1070. The number of ether oxygens (including phenoxy) is 1. The zero-order chi connectivity index (χ0) is 20.1. The van der Waals surface area contributed by atoms with Gasteiger partial charge in [0.1, 0.15) is 5.75 Å². The topological polar surface area (TPSA) is 73.2 Å². The first-order valence-corrected chi connectivity index (χ1v) is 9.82. The van der Waals surface area contributed by atoms with Crippen molar-refractivity contribution in [2.75, 3.05) is 18.2 Å². The van der Waals surface area contributed by atoms with Crippen LogP contribution >= 0.6 is 35.0 Å². The van der Waals surface area contributed by atoms with Crippen molar-refractivity contribution in [2.45, 2.75) is 5.03 Å². The van der Waals surface area contributed by atoms with Crippen LogP contribution in [0.25, 0.3) is 5.69 Å². The van der Waals surface area contributed by atoms with Gasteiger partial charge in [0.2, 0.25) is 5.91 Å². The SMILES string of the molecule is COc1ccc(-n2ccnc(SCC(=O)Nc3ccccc3Cl)c2=O)cc1Cl. The van der Waals surface area contributed by atoms with Crippen molar-refractivity contribution in [1.82, 2.24) is 9.55 Å². The Labute approximate surface area is 175 Å². The van der Waals surface area contributed by atoms with Gasteiger partial charge in [0.25, 0.3) is 5.56 Å². The van der Waals surface area contributed by atoms with Gasteiger partial charge >= 0.3 is 0 Å². The van der Waals surface area contributed by atoms with Gasteiger partial charge < -0.3 is 10.1 Å². The third kappa shape index (κ3) is 4.67. The lowest BCUT2D eigenvalue weighted by molar-refractivity contribution is -0.113. The lowest BCUT2D eigenvalue weighted by Crippen LogP contribution is -2.22. The molecule has 0 aliphatic heterocycles. The minimum absolute atomic E-state index is 0.0147. The molecular weight excluding hydrogens is 421 g/mol. The van der Waals surface area contributed by atoms with E-state index in [0.717, 1.165) is 11.8 Å². The molecule has 0 aliphatic carbocycles. The van der Waals surface area contributed by atoms with Gasteiger partial charge in [-0.25, -0.2) is 4.98 Å². The highest BCUT2D eigenvalue weighted by Crippen LogP contribution is 2.26. The third-order valence-corrected chi connectivity index (χ3v) is 5.30. The van der Waals surface area contributed by atoms with E-state index in [9.17, 15) is 9.59 Å². The Kier molecular flexibility index (Phi) is 6.61. The van der Waals surface area contributed by atoms with E-state index in [4.69, 9.17) is 27.9 Å². The van der Waals surface area contributed by atoms with Crippen LogP contribution in [0.1, 0.15) is 0 Å². The van der Waals surface area contributed by atoms with E-state index in [1.807, 2.05) is 0 Å². The second-order valence-corrected chi connectivity index (χ2v) is 7.32. The van der Waals surface area contributed by atoms with E-state index in [0.29, 0.717) is 27.2 Å². The van der Waals surface area contributed by atoms with E-state index in [-0.39, 0.29) is 22.2 Å². The van der Waals surface area contributed by atoms with Crippen molar-refractivity contribution in [3.05, 3.63) is 75.3 Å². The number of para-hydroxylation sites is 1. The fourth-order valence-electron chi connectivity index (χ4n) is 2.38. The third-order valence-electron chi connectivity index (χ3n) is 3.71. The molecule has 0 fully saturated rings. The first kappa shape index (κ1) is 20.3. The lowest BCUT2D eigenvalue weighted by atomic mass is 10.3. The Morgan fingerprint density at radius 2 is 2.00 bits per heavy atom. The maximum Gasteiger partial charge on any atom is 0.287 e. The summed E-state index contributed by atoms with van der Waals surface area (Å²) in [5, 5.41) is 3.73. The number of benzene rings is 2.